The molecule has 3 aliphatic rings. The van der Waals surface area contributed by atoms with Gasteiger partial charge in [0.15, 0.2) is 0 Å². The molecule has 4 heterocycles. The van der Waals surface area contributed by atoms with Crippen LogP contribution in [0.4, 0.5) is 0 Å². The van der Waals surface area contributed by atoms with Crippen LogP contribution in [0.25, 0.3) is 11.3 Å². The molecule has 8 heteroatoms. The summed E-state index contributed by atoms with van der Waals surface area (Å²) in [7, 11) is 0. The first-order chi connectivity index (χ1) is 15.5. The predicted molar refractivity (Wildman–Crippen MR) is 116 cm³/mol. The number of piperidine rings is 1. The van der Waals surface area contributed by atoms with Crippen LogP contribution in [0.2, 0.25) is 0 Å². The number of pyridine rings is 1. The maximum atomic E-state index is 12.9. The number of amides is 3. The van der Waals surface area contributed by atoms with E-state index in [1.165, 1.54) is 0 Å². The minimum absolute atomic E-state index is 0.171. The highest BCUT2D eigenvalue weighted by atomic mass is 16.3. The Morgan fingerprint density at radius 2 is 2.00 bits per heavy atom. The molecular weight excluding hydrogens is 408 g/mol. The summed E-state index contributed by atoms with van der Waals surface area (Å²) < 4.78 is 0. The largest absolute Gasteiger partial charge is 0.396 e. The smallest absolute Gasteiger partial charge is 0.255 e. The van der Waals surface area contributed by atoms with E-state index in [-0.39, 0.29) is 24.8 Å². The van der Waals surface area contributed by atoms with Crippen LogP contribution in [0, 0.1) is 5.92 Å². The second kappa shape index (κ2) is 8.44. The number of carbonyl (C=O) groups excluding carboxylic acids is 3. The minimum Gasteiger partial charge on any atom is -0.396 e. The number of carbonyl (C=O) groups is 3. The molecule has 2 atom stereocenters. The number of fused-ring (bicyclic) bond motifs is 1. The molecule has 3 aliphatic heterocycles. The van der Waals surface area contributed by atoms with Crippen molar-refractivity contribution in [1.29, 1.82) is 0 Å². The van der Waals surface area contributed by atoms with Crippen LogP contribution < -0.4 is 5.32 Å². The Morgan fingerprint density at radius 3 is 2.78 bits per heavy atom. The van der Waals surface area contributed by atoms with E-state index in [1.807, 2.05) is 18.2 Å². The highest BCUT2D eigenvalue weighted by Gasteiger charge is 2.39. The van der Waals surface area contributed by atoms with Gasteiger partial charge in [-0.2, -0.15) is 0 Å². The molecule has 166 valence electrons. The second-order valence-corrected chi connectivity index (χ2v) is 8.89. The van der Waals surface area contributed by atoms with Crippen LogP contribution in [0.15, 0.2) is 36.5 Å². The van der Waals surface area contributed by atoms with Crippen LogP contribution in [0.5, 0.6) is 0 Å². The van der Waals surface area contributed by atoms with Crippen molar-refractivity contribution in [1.82, 2.24) is 20.1 Å². The zero-order chi connectivity index (χ0) is 22.2. The van der Waals surface area contributed by atoms with Crippen LogP contribution in [0.3, 0.4) is 0 Å². The molecule has 2 N–H and O–H groups in total. The summed E-state index contributed by atoms with van der Waals surface area (Å²) in [6, 6.07) is 9.15. The first-order valence-electron chi connectivity index (χ1n) is 11.1. The quantitative estimate of drug-likeness (QED) is 0.689. The van der Waals surface area contributed by atoms with E-state index in [1.54, 1.807) is 17.2 Å². The van der Waals surface area contributed by atoms with Gasteiger partial charge < -0.3 is 10.0 Å². The fourth-order valence-corrected chi connectivity index (χ4v) is 4.93. The van der Waals surface area contributed by atoms with Crippen molar-refractivity contribution in [3.63, 3.8) is 0 Å². The van der Waals surface area contributed by atoms with Gasteiger partial charge in [0.05, 0.1) is 5.69 Å². The van der Waals surface area contributed by atoms with Crippen LogP contribution in [-0.4, -0.2) is 63.4 Å². The SMILES string of the molecule is O=C1CCC(N2Cc3cc(-c4cc(CN5CCC(CO)C5)ccn4)ccc3C2=O)C(=O)N1. The van der Waals surface area contributed by atoms with Gasteiger partial charge in [-0.05, 0) is 60.7 Å². The molecule has 32 heavy (non-hydrogen) atoms. The number of hydrogen-bond donors (Lipinski definition) is 2. The topological polar surface area (TPSA) is 103 Å². The Labute approximate surface area is 186 Å². The predicted octanol–water partition coefficient (Wildman–Crippen LogP) is 1.32. The summed E-state index contributed by atoms with van der Waals surface area (Å²) in [5, 5.41) is 11.7. The molecule has 0 aliphatic carbocycles. The van der Waals surface area contributed by atoms with Crippen LogP contribution in [0.1, 0.15) is 40.7 Å². The number of imide groups is 1. The third-order valence-electron chi connectivity index (χ3n) is 6.68. The number of hydrogen-bond acceptors (Lipinski definition) is 6. The molecule has 8 nitrogen and oxygen atoms in total. The number of likely N-dealkylation sites (tertiary alicyclic amines) is 1. The van der Waals surface area contributed by atoms with Crippen molar-refractivity contribution in [3.8, 4) is 11.3 Å². The molecule has 1 aromatic carbocycles. The molecule has 0 spiro atoms. The summed E-state index contributed by atoms with van der Waals surface area (Å²) in [5.74, 6) is -0.500. The van der Waals surface area contributed by atoms with Gasteiger partial charge in [0.25, 0.3) is 5.91 Å². The van der Waals surface area contributed by atoms with E-state index in [0.29, 0.717) is 24.4 Å². The van der Waals surface area contributed by atoms with E-state index in [4.69, 9.17) is 0 Å². The van der Waals surface area contributed by atoms with Crippen molar-refractivity contribution >= 4 is 17.7 Å². The van der Waals surface area contributed by atoms with Gasteiger partial charge in [0.2, 0.25) is 11.8 Å². The van der Waals surface area contributed by atoms with Gasteiger partial charge in [-0.3, -0.25) is 29.6 Å². The lowest BCUT2D eigenvalue weighted by Gasteiger charge is -2.29. The van der Waals surface area contributed by atoms with Crippen molar-refractivity contribution < 1.29 is 19.5 Å². The van der Waals surface area contributed by atoms with Crippen molar-refractivity contribution in [2.45, 2.75) is 38.4 Å². The molecule has 0 saturated carbocycles. The fraction of sp³-hybridized carbons (Fsp3) is 0.417. The van der Waals surface area contributed by atoms with Crippen LogP contribution in [-0.2, 0) is 22.7 Å². The Bertz CT molecular complexity index is 1090. The van der Waals surface area contributed by atoms with Crippen molar-refractivity contribution in [2.24, 2.45) is 5.92 Å². The Balaban J connectivity index is 1.33. The van der Waals surface area contributed by atoms with Crippen LogP contribution >= 0.6 is 0 Å². The number of aliphatic hydroxyl groups excluding tert-OH is 1. The van der Waals surface area contributed by atoms with Crippen molar-refractivity contribution in [2.75, 3.05) is 19.7 Å². The van der Waals surface area contributed by atoms with Gasteiger partial charge in [-0.25, -0.2) is 0 Å². The molecule has 5 rings (SSSR count). The summed E-state index contributed by atoms with van der Waals surface area (Å²) in [4.78, 5) is 45.0. The first-order valence-corrected chi connectivity index (χ1v) is 11.1. The van der Waals surface area contributed by atoms with Gasteiger partial charge >= 0.3 is 0 Å². The molecule has 2 unspecified atom stereocenters. The Morgan fingerprint density at radius 1 is 1.12 bits per heavy atom. The third kappa shape index (κ3) is 3.91. The average molecular weight is 434 g/mol. The molecule has 2 fully saturated rings. The number of aromatic nitrogens is 1. The monoisotopic (exact) mass is 434 g/mol. The summed E-state index contributed by atoms with van der Waals surface area (Å²) in [6.45, 7) is 3.30. The van der Waals surface area contributed by atoms with Crippen molar-refractivity contribution in [3.05, 3.63) is 53.2 Å². The lowest BCUT2D eigenvalue weighted by Crippen LogP contribution is -2.52. The normalized spacial score (nSPS) is 23.5. The average Bonchev–Trinajstić information content (AvgIpc) is 3.38. The minimum atomic E-state index is -0.610. The number of benzene rings is 1. The number of aliphatic hydroxyl groups is 1. The van der Waals surface area contributed by atoms with E-state index < -0.39 is 11.9 Å². The molecule has 2 aromatic rings. The zero-order valence-electron chi connectivity index (χ0n) is 17.8. The summed E-state index contributed by atoms with van der Waals surface area (Å²) >= 11 is 0. The molecule has 0 radical (unpaired) electrons. The molecule has 0 bridgehead atoms. The van der Waals surface area contributed by atoms with Gasteiger partial charge in [-0.1, -0.05) is 6.07 Å². The maximum absolute atomic E-state index is 12.9. The highest BCUT2D eigenvalue weighted by Crippen LogP contribution is 2.31. The van der Waals surface area contributed by atoms with E-state index >= 15 is 0 Å². The molecule has 3 amide bonds. The van der Waals surface area contributed by atoms with E-state index in [2.05, 4.69) is 21.3 Å². The first kappa shape index (κ1) is 20.8. The fourth-order valence-electron chi connectivity index (χ4n) is 4.93. The second-order valence-electron chi connectivity index (χ2n) is 8.89. The zero-order valence-corrected chi connectivity index (χ0v) is 17.8. The van der Waals surface area contributed by atoms with E-state index in [0.717, 1.165) is 48.4 Å². The number of nitrogens with one attached hydrogen (secondary N) is 1. The molecule has 2 saturated heterocycles. The van der Waals surface area contributed by atoms with Gasteiger partial charge in [-0.15, -0.1) is 0 Å². The maximum Gasteiger partial charge on any atom is 0.255 e. The number of rotatable bonds is 5. The lowest BCUT2D eigenvalue weighted by atomic mass is 10.0. The Kier molecular flexibility index (Phi) is 5.48. The summed E-state index contributed by atoms with van der Waals surface area (Å²) in [5.41, 5.74) is 4.40. The van der Waals surface area contributed by atoms with Gasteiger partial charge in [0.1, 0.15) is 6.04 Å². The summed E-state index contributed by atoms with van der Waals surface area (Å²) in [6.07, 6.45) is 3.43. The standard InChI is InChI=1S/C24H26N4O4/c29-14-16-6-8-27(12-16)11-15-5-7-25-20(9-15)17-1-2-19-18(10-17)13-28(24(19)32)21-3-4-22(30)26-23(21)31/h1-2,5,7,9-10,16,21,29H,3-4,6,8,11-14H2,(H,26,30,31). The third-order valence-corrected chi connectivity index (χ3v) is 6.68. The van der Waals surface area contributed by atoms with Gasteiger partial charge in [0, 0.05) is 50.0 Å². The highest BCUT2D eigenvalue weighted by molar-refractivity contribution is 6.05. The Hall–Kier alpha value is -3.10. The van der Waals surface area contributed by atoms with E-state index in [9.17, 15) is 19.5 Å². The lowest BCUT2D eigenvalue weighted by molar-refractivity contribution is -0.136. The molecular formula is C24H26N4O4. The number of nitrogens with zero attached hydrogens (tertiary/aromatic N) is 3. The molecule has 1 aromatic heterocycles.